The molecule has 0 amide bonds. The van der Waals surface area contributed by atoms with Gasteiger partial charge in [-0.3, -0.25) is 0 Å². The Kier molecular flexibility index (Phi) is 3.31. The van der Waals surface area contributed by atoms with Crippen molar-refractivity contribution in [3.8, 4) is 0 Å². The minimum absolute atomic E-state index is 0.171. The third-order valence-electron chi connectivity index (χ3n) is 4.15. The maximum absolute atomic E-state index is 10.2. The highest BCUT2D eigenvalue weighted by atomic mass is 16.3. The van der Waals surface area contributed by atoms with Crippen molar-refractivity contribution in [2.45, 2.75) is 52.6 Å². The standard InChI is InChI=1S/C16H24O/c1-11(2)13-7-5-12(6-8-13)9-15(17)14-10-16(14,3)4/h5-8,11,14-15,17H,9-10H2,1-4H3. The van der Waals surface area contributed by atoms with E-state index >= 15 is 0 Å². The highest BCUT2D eigenvalue weighted by Crippen LogP contribution is 2.53. The zero-order chi connectivity index (χ0) is 12.6. The molecule has 0 saturated heterocycles. The summed E-state index contributed by atoms with van der Waals surface area (Å²) in [7, 11) is 0. The zero-order valence-corrected chi connectivity index (χ0v) is 11.4. The fourth-order valence-electron chi connectivity index (χ4n) is 2.59. The van der Waals surface area contributed by atoms with Crippen molar-refractivity contribution in [1.82, 2.24) is 0 Å². The maximum atomic E-state index is 10.2. The Morgan fingerprint density at radius 2 is 1.76 bits per heavy atom. The molecule has 1 heteroatoms. The van der Waals surface area contributed by atoms with Crippen LogP contribution in [0.25, 0.3) is 0 Å². The van der Waals surface area contributed by atoms with Crippen LogP contribution in [0.4, 0.5) is 0 Å². The van der Waals surface area contributed by atoms with Gasteiger partial charge in [0.1, 0.15) is 0 Å². The fourth-order valence-corrected chi connectivity index (χ4v) is 2.59. The lowest BCUT2D eigenvalue weighted by Crippen LogP contribution is -2.16. The molecule has 0 spiro atoms. The van der Waals surface area contributed by atoms with Crippen molar-refractivity contribution in [2.24, 2.45) is 11.3 Å². The summed E-state index contributed by atoms with van der Waals surface area (Å²) >= 11 is 0. The van der Waals surface area contributed by atoms with Gasteiger partial charge in [-0.15, -0.1) is 0 Å². The third-order valence-corrected chi connectivity index (χ3v) is 4.15. The molecular weight excluding hydrogens is 208 g/mol. The Hall–Kier alpha value is -0.820. The Morgan fingerprint density at radius 3 is 2.18 bits per heavy atom. The van der Waals surface area contributed by atoms with Gasteiger partial charge in [0.25, 0.3) is 0 Å². The van der Waals surface area contributed by atoms with Gasteiger partial charge in [-0.05, 0) is 41.2 Å². The van der Waals surface area contributed by atoms with Crippen molar-refractivity contribution in [3.63, 3.8) is 0 Å². The van der Waals surface area contributed by atoms with Crippen LogP contribution in [-0.4, -0.2) is 11.2 Å². The second-order valence-corrected chi connectivity index (χ2v) is 6.47. The molecule has 1 aliphatic rings. The predicted octanol–water partition coefficient (Wildman–Crippen LogP) is 3.76. The van der Waals surface area contributed by atoms with Gasteiger partial charge < -0.3 is 5.11 Å². The molecule has 2 atom stereocenters. The van der Waals surface area contributed by atoms with Crippen LogP contribution in [0.3, 0.4) is 0 Å². The fraction of sp³-hybridized carbons (Fsp3) is 0.625. The first-order valence-electron chi connectivity index (χ1n) is 6.67. The van der Waals surface area contributed by atoms with Crippen LogP contribution >= 0.6 is 0 Å². The summed E-state index contributed by atoms with van der Waals surface area (Å²) in [5.74, 6) is 1.07. The lowest BCUT2D eigenvalue weighted by Gasteiger charge is -2.13. The summed E-state index contributed by atoms with van der Waals surface area (Å²) in [5, 5.41) is 10.2. The molecule has 0 radical (unpaired) electrons. The van der Waals surface area contributed by atoms with E-state index < -0.39 is 0 Å². The molecule has 1 saturated carbocycles. The molecule has 1 nitrogen and oxygen atoms in total. The third kappa shape index (κ3) is 2.90. The van der Waals surface area contributed by atoms with Crippen LogP contribution in [0.15, 0.2) is 24.3 Å². The summed E-state index contributed by atoms with van der Waals surface area (Å²) in [6.45, 7) is 8.89. The monoisotopic (exact) mass is 232 g/mol. The quantitative estimate of drug-likeness (QED) is 0.838. The van der Waals surface area contributed by atoms with E-state index in [2.05, 4.69) is 52.0 Å². The Balaban J connectivity index is 1.95. The van der Waals surface area contributed by atoms with Crippen LogP contribution < -0.4 is 0 Å². The van der Waals surface area contributed by atoms with Gasteiger partial charge in [-0.2, -0.15) is 0 Å². The Labute approximate surface area is 105 Å². The Morgan fingerprint density at radius 1 is 1.24 bits per heavy atom. The zero-order valence-electron chi connectivity index (χ0n) is 11.4. The van der Waals surface area contributed by atoms with Crippen molar-refractivity contribution >= 4 is 0 Å². The average molecular weight is 232 g/mol. The van der Waals surface area contributed by atoms with E-state index in [1.165, 1.54) is 11.1 Å². The molecule has 1 aromatic carbocycles. The minimum atomic E-state index is -0.171. The molecule has 0 aromatic heterocycles. The van der Waals surface area contributed by atoms with Gasteiger partial charge in [-0.25, -0.2) is 0 Å². The number of benzene rings is 1. The van der Waals surface area contributed by atoms with Crippen LogP contribution in [0, 0.1) is 11.3 Å². The van der Waals surface area contributed by atoms with E-state index in [9.17, 15) is 5.11 Å². The van der Waals surface area contributed by atoms with Gasteiger partial charge in [0, 0.05) is 0 Å². The molecule has 2 unspecified atom stereocenters. The molecule has 1 aliphatic carbocycles. The molecule has 2 rings (SSSR count). The molecule has 0 heterocycles. The van der Waals surface area contributed by atoms with E-state index in [-0.39, 0.29) is 6.10 Å². The molecule has 1 fully saturated rings. The number of hydrogen-bond donors (Lipinski definition) is 1. The summed E-state index contributed by atoms with van der Waals surface area (Å²) in [5.41, 5.74) is 2.98. The first kappa shape index (κ1) is 12.6. The topological polar surface area (TPSA) is 20.2 Å². The van der Waals surface area contributed by atoms with Crippen LogP contribution in [0.1, 0.15) is 51.2 Å². The second kappa shape index (κ2) is 4.45. The van der Waals surface area contributed by atoms with Crippen molar-refractivity contribution in [1.29, 1.82) is 0 Å². The SMILES string of the molecule is CC(C)c1ccc(CC(O)C2CC2(C)C)cc1. The molecule has 1 aromatic rings. The summed E-state index contributed by atoms with van der Waals surface area (Å²) in [4.78, 5) is 0. The van der Waals surface area contributed by atoms with Crippen LogP contribution in [0.5, 0.6) is 0 Å². The van der Waals surface area contributed by atoms with Crippen molar-refractivity contribution < 1.29 is 5.11 Å². The number of hydrogen-bond acceptors (Lipinski definition) is 1. The molecule has 17 heavy (non-hydrogen) atoms. The van der Waals surface area contributed by atoms with E-state index in [0.717, 1.165) is 12.8 Å². The number of aliphatic hydroxyl groups excluding tert-OH is 1. The van der Waals surface area contributed by atoms with E-state index in [0.29, 0.717) is 17.3 Å². The normalized spacial score (nSPS) is 23.8. The highest BCUT2D eigenvalue weighted by Gasteiger charge is 2.49. The largest absolute Gasteiger partial charge is 0.392 e. The highest BCUT2D eigenvalue weighted by molar-refractivity contribution is 5.25. The van der Waals surface area contributed by atoms with Crippen LogP contribution in [-0.2, 0) is 6.42 Å². The van der Waals surface area contributed by atoms with Crippen LogP contribution in [0.2, 0.25) is 0 Å². The van der Waals surface area contributed by atoms with Gasteiger partial charge in [0.05, 0.1) is 6.10 Å². The van der Waals surface area contributed by atoms with E-state index in [1.807, 2.05) is 0 Å². The first-order valence-corrected chi connectivity index (χ1v) is 6.67. The molecular formula is C16H24O. The van der Waals surface area contributed by atoms with Gasteiger partial charge in [-0.1, -0.05) is 52.0 Å². The maximum Gasteiger partial charge on any atom is 0.0614 e. The first-order chi connectivity index (χ1) is 7.90. The molecule has 94 valence electrons. The van der Waals surface area contributed by atoms with Gasteiger partial charge in [0.2, 0.25) is 0 Å². The van der Waals surface area contributed by atoms with E-state index in [4.69, 9.17) is 0 Å². The number of aliphatic hydroxyl groups is 1. The predicted molar refractivity (Wildman–Crippen MR) is 72.1 cm³/mol. The lowest BCUT2D eigenvalue weighted by atomic mass is 9.97. The smallest absolute Gasteiger partial charge is 0.0614 e. The average Bonchev–Trinajstić information content (AvgIpc) is 2.89. The summed E-state index contributed by atoms with van der Waals surface area (Å²) in [6.07, 6.45) is 1.79. The lowest BCUT2D eigenvalue weighted by molar-refractivity contribution is 0.137. The van der Waals surface area contributed by atoms with Crippen molar-refractivity contribution in [3.05, 3.63) is 35.4 Å². The van der Waals surface area contributed by atoms with Crippen molar-refractivity contribution in [2.75, 3.05) is 0 Å². The van der Waals surface area contributed by atoms with Gasteiger partial charge in [0.15, 0.2) is 0 Å². The molecule has 0 aliphatic heterocycles. The summed E-state index contributed by atoms with van der Waals surface area (Å²) < 4.78 is 0. The van der Waals surface area contributed by atoms with E-state index in [1.54, 1.807) is 0 Å². The number of rotatable bonds is 4. The molecule has 1 N–H and O–H groups in total. The summed E-state index contributed by atoms with van der Waals surface area (Å²) in [6, 6.07) is 8.69. The Bertz CT molecular complexity index is 375. The second-order valence-electron chi connectivity index (χ2n) is 6.47. The minimum Gasteiger partial charge on any atom is -0.392 e. The van der Waals surface area contributed by atoms with Gasteiger partial charge >= 0.3 is 0 Å². The molecule has 0 bridgehead atoms.